The van der Waals surface area contributed by atoms with Crippen LogP contribution in [0.25, 0.3) is 0 Å². The summed E-state index contributed by atoms with van der Waals surface area (Å²) in [7, 11) is 1.71. The molecule has 0 aliphatic carbocycles. The lowest BCUT2D eigenvalue weighted by molar-refractivity contribution is 0.0900. The van der Waals surface area contributed by atoms with Gasteiger partial charge in [0.05, 0.1) is 5.25 Å². The van der Waals surface area contributed by atoms with Crippen LogP contribution in [0.4, 0.5) is 4.79 Å². The smallest absolute Gasteiger partial charge is 0.410 e. The van der Waals surface area contributed by atoms with Gasteiger partial charge < -0.3 is 9.64 Å². The number of piperidine rings is 1. The fourth-order valence-electron chi connectivity index (χ4n) is 2.14. The first kappa shape index (κ1) is 15.1. The summed E-state index contributed by atoms with van der Waals surface area (Å²) in [5, 5.41) is -0.706. The molecule has 1 saturated heterocycles. The number of nitrogens with zero attached hydrogens (tertiary/aromatic N) is 1. The Morgan fingerprint density at radius 1 is 1.35 bits per heavy atom. The highest BCUT2D eigenvalue weighted by Gasteiger charge is 2.32. The lowest BCUT2D eigenvalue weighted by Crippen LogP contribution is -2.44. The van der Waals surface area contributed by atoms with Gasteiger partial charge in [0.15, 0.2) is 0 Å². The van der Waals surface area contributed by atoms with Gasteiger partial charge in [-0.2, -0.15) is 0 Å². The first-order chi connectivity index (χ1) is 9.47. The molecule has 5 nitrogen and oxygen atoms in total. The van der Waals surface area contributed by atoms with Crippen LogP contribution in [0, 0.1) is 0 Å². The number of benzene rings is 1. The maximum atomic E-state index is 11.9. The van der Waals surface area contributed by atoms with Gasteiger partial charge in [-0.25, -0.2) is 13.2 Å². The average molecular weight is 318 g/mol. The van der Waals surface area contributed by atoms with Crippen LogP contribution in [-0.2, 0) is 20.4 Å². The Morgan fingerprint density at radius 2 is 2.05 bits per heavy atom. The second-order valence-corrected chi connectivity index (χ2v) is 7.63. The molecule has 1 unspecified atom stereocenters. The van der Waals surface area contributed by atoms with Gasteiger partial charge in [-0.1, -0.05) is 30.3 Å². The third-order valence-corrected chi connectivity index (χ3v) is 5.18. The van der Waals surface area contributed by atoms with Crippen molar-refractivity contribution in [2.24, 2.45) is 0 Å². The number of carbonyl (C=O) groups excluding carboxylic acids is 1. The first-order valence-corrected chi connectivity index (χ1v) is 8.73. The van der Waals surface area contributed by atoms with E-state index in [4.69, 9.17) is 15.4 Å². The highest BCUT2D eigenvalue weighted by molar-refractivity contribution is 8.14. The molecule has 110 valence electrons. The molecule has 0 spiro atoms. The molecule has 2 rings (SSSR count). The van der Waals surface area contributed by atoms with E-state index >= 15 is 0 Å². The zero-order chi connectivity index (χ0) is 14.6. The van der Waals surface area contributed by atoms with Gasteiger partial charge in [0, 0.05) is 23.8 Å². The molecule has 1 fully saturated rings. The summed E-state index contributed by atoms with van der Waals surface area (Å²) >= 11 is 0. The molecule has 1 amide bonds. The van der Waals surface area contributed by atoms with Crippen molar-refractivity contribution in [3.05, 3.63) is 35.9 Å². The molecular weight excluding hydrogens is 302 g/mol. The van der Waals surface area contributed by atoms with Crippen LogP contribution < -0.4 is 0 Å². The van der Waals surface area contributed by atoms with E-state index in [0.29, 0.717) is 19.4 Å². The molecule has 0 aromatic heterocycles. The lowest BCUT2D eigenvalue weighted by Gasteiger charge is -2.30. The Kier molecular flexibility index (Phi) is 4.88. The molecule has 0 N–H and O–H groups in total. The molecule has 1 heterocycles. The standard InChI is InChI=1S/C13H16ClNO4S/c14-20(17,18)12-7-4-8-15(9-12)13(16)19-10-11-5-2-1-3-6-11/h1-3,5-6,12H,4,7-10H2. The molecule has 7 heteroatoms. The molecule has 0 saturated carbocycles. The SMILES string of the molecule is O=C(OCc1ccccc1)N1CCCC(S(=O)(=O)Cl)C1. The Bertz CT molecular complexity index is 561. The number of rotatable bonds is 3. The number of halogens is 1. The van der Waals surface area contributed by atoms with E-state index in [2.05, 4.69) is 0 Å². The van der Waals surface area contributed by atoms with Crippen molar-refractivity contribution in [2.75, 3.05) is 13.1 Å². The number of carbonyl (C=O) groups is 1. The number of ether oxygens (including phenoxy) is 1. The van der Waals surface area contributed by atoms with Crippen molar-refractivity contribution in [1.82, 2.24) is 4.90 Å². The van der Waals surface area contributed by atoms with Crippen LogP contribution in [0.1, 0.15) is 18.4 Å². The maximum Gasteiger partial charge on any atom is 0.410 e. The lowest BCUT2D eigenvalue weighted by atomic mass is 10.1. The van der Waals surface area contributed by atoms with Crippen LogP contribution in [0.15, 0.2) is 30.3 Å². The van der Waals surface area contributed by atoms with Crippen LogP contribution in [0.3, 0.4) is 0 Å². The molecular formula is C13H16ClNO4S. The summed E-state index contributed by atoms with van der Waals surface area (Å²) in [6, 6.07) is 9.32. The van der Waals surface area contributed by atoms with E-state index in [1.165, 1.54) is 4.90 Å². The van der Waals surface area contributed by atoms with E-state index in [1.807, 2.05) is 30.3 Å². The largest absolute Gasteiger partial charge is 0.445 e. The quantitative estimate of drug-likeness (QED) is 0.803. The third-order valence-electron chi connectivity index (χ3n) is 3.24. The molecule has 1 aliphatic rings. The highest BCUT2D eigenvalue weighted by atomic mass is 35.7. The summed E-state index contributed by atoms with van der Waals surface area (Å²) in [5.74, 6) is 0. The minimum absolute atomic E-state index is 0.0967. The fourth-order valence-corrected chi connectivity index (χ4v) is 3.39. The predicted molar refractivity (Wildman–Crippen MR) is 76.0 cm³/mol. The number of likely N-dealkylation sites (tertiary alicyclic amines) is 1. The summed E-state index contributed by atoms with van der Waals surface area (Å²) in [6.07, 6.45) is 0.588. The molecule has 0 bridgehead atoms. The predicted octanol–water partition coefficient (Wildman–Crippen LogP) is 2.36. The Hall–Kier alpha value is -1.27. The second kappa shape index (κ2) is 6.45. The van der Waals surface area contributed by atoms with Crippen LogP contribution in [0.2, 0.25) is 0 Å². The van der Waals surface area contributed by atoms with Gasteiger partial charge in [-0.05, 0) is 18.4 Å². The third kappa shape index (κ3) is 4.11. The molecule has 1 aromatic carbocycles. The first-order valence-electron chi connectivity index (χ1n) is 6.36. The molecule has 1 aromatic rings. The number of amides is 1. The maximum absolute atomic E-state index is 11.9. The van der Waals surface area contributed by atoms with Gasteiger partial charge in [0.1, 0.15) is 6.61 Å². The van der Waals surface area contributed by atoms with Crippen molar-refractivity contribution >= 4 is 25.8 Å². The normalized spacial score (nSPS) is 19.6. The molecule has 0 radical (unpaired) electrons. The molecule has 20 heavy (non-hydrogen) atoms. The highest BCUT2D eigenvalue weighted by Crippen LogP contribution is 2.20. The number of hydrogen-bond acceptors (Lipinski definition) is 4. The molecule has 1 atom stereocenters. The Labute approximate surface area is 122 Å². The van der Waals surface area contributed by atoms with E-state index in [9.17, 15) is 13.2 Å². The summed E-state index contributed by atoms with van der Waals surface area (Å²) in [4.78, 5) is 13.3. The molecule has 1 aliphatic heterocycles. The monoisotopic (exact) mass is 317 g/mol. The zero-order valence-corrected chi connectivity index (χ0v) is 12.4. The van der Waals surface area contributed by atoms with Gasteiger partial charge in [0.25, 0.3) is 0 Å². The second-order valence-electron chi connectivity index (χ2n) is 4.73. The van der Waals surface area contributed by atoms with Crippen molar-refractivity contribution in [2.45, 2.75) is 24.7 Å². The van der Waals surface area contributed by atoms with Crippen LogP contribution in [0.5, 0.6) is 0 Å². The Morgan fingerprint density at radius 3 is 2.70 bits per heavy atom. The van der Waals surface area contributed by atoms with Gasteiger partial charge in [-0.3, -0.25) is 0 Å². The number of hydrogen-bond donors (Lipinski definition) is 0. The van der Waals surface area contributed by atoms with E-state index in [-0.39, 0.29) is 13.2 Å². The van der Waals surface area contributed by atoms with Crippen molar-refractivity contribution in [1.29, 1.82) is 0 Å². The van der Waals surface area contributed by atoms with Gasteiger partial charge >= 0.3 is 6.09 Å². The van der Waals surface area contributed by atoms with Crippen molar-refractivity contribution < 1.29 is 17.9 Å². The summed E-state index contributed by atoms with van der Waals surface area (Å²) < 4.78 is 27.8. The fraction of sp³-hybridized carbons (Fsp3) is 0.462. The van der Waals surface area contributed by atoms with Gasteiger partial charge in [0.2, 0.25) is 9.05 Å². The summed E-state index contributed by atoms with van der Waals surface area (Å²) in [5.41, 5.74) is 0.888. The minimum Gasteiger partial charge on any atom is -0.445 e. The van der Waals surface area contributed by atoms with Crippen LogP contribution in [-0.4, -0.2) is 37.8 Å². The van der Waals surface area contributed by atoms with Crippen LogP contribution >= 0.6 is 10.7 Å². The van der Waals surface area contributed by atoms with Crippen molar-refractivity contribution in [3.8, 4) is 0 Å². The Balaban J connectivity index is 1.89. The van der Waals surface area contributed by atoms with E-state index in [1.54, 1.807) is 0 Å². The van der Waals surface area contributed by atoms with Crippen molar-refractivity contribution in [3.63, 3.8) is 0 Å². The van der Waals surface area contributed by atoms with E-state index < -0.39 is 20.4 Å². The van der Waals surface area contributed by atoms with E-state index in [0.717, 1.165) is 5.56 Å². The topological polar surface area (TPSA) is 63.7 Å². The zero-order valence-electron chi connectivity index (χ0n) is 10.9. The summed E-state index contributed by atoms with van der Waals surface area (Å²) in [6.45, 7) is 0.768. The average Bonchev–Trinajstić information content (AvgIpc) is 2.45. The minimum atomic E-state index is -3.64. The van der Waals surface area contributed by atoms with Gasteiger partial charge in [-0.15, -0.1) is 0 Å².